The molecule has 13 heteroatoms. The van der Waals surface area contributed by atoms with E-state index in [-0.39, 0.29) is 48.5 Å². The van der Waals surface area contributed by atoms with Crippen LogP contribution in [0.15, 0.2) is 60.7 Å². The van der Waals surface area contributed by atoms with Crippen molar-refractivity contribution in [3.63, 3.8) is 0 Å². The number of benzene rings is 3. The van der Waals surface area contributed by atoms with Gasteiger partial charge in [-0.25, -0.2) is 0 Å². The molecular weight excluding hydrogens is 758 g/mol. The van der Waals surface area contributed by atoms with E-state index in [1.165, 1.54) is 5.56 Å². The van der Waals surface area contributed by atoms with Gasteiger partial charge in [0.2, 0.25) is 5.91 Å². The molecule has 292 valence electrons. The number of amides is 2. The number of para-hydroxylation sites is 1. The number of methoxy groups -OCH3 is 1. The molecule has 2 heterocycles. The molecule has 3 aromatic carbocycles. The van der Waals surface area contributed by atoms with Crippen LogP contribution in [0.5, 0.6) is 11.5 Å². The Balaban J connectivity index is 0.00000378. The van der Waals surface area contributed by atoms with Gasteiger partial charge in [-0.1, -0.05) is 74.3 Å². The molecule has 0 spiro atoms. The second kappa shape index (κ2) is 20.8. The van der Waals surface area contributed by atoms with E-state index in [9.17, 15) is 9.59 Å². The fourth-order valence-corrected chi connectivity index (χ4v) is 7.14. The van der Waals surface area contributed by atoms with Gasteiger partial charge in [0.15, 0.2) is 11.5 Å². The van der Waals surface area contributed by atoms with E-state index in [2.05, 4.69) is 44.1 Å². The number of carbonyl (C=O) groups is 2. The molecular formula is C40H54Cl4N4O5. The van der Waals surface area contributed by atoms with Crippen molar-refractivity contribution in [1.82, 2.24) is 15.1 Å². The third-order valence-corrected chi connectivity index (χ3v) is 9.85. The normalized spacial score (nSPS) is 17.4. The van der Waals surface area contributed by atoms with Gasteiger partial charge in [0.05, 0.1) is 20.1 Å². The number of nitrogens with zero attached hydrogens (tertiary/aromatic N) is 3. The first-order valence-electron chi connectivity index (χ1n) is 17.9. The maximum atomic E-state index is 14.4. The third-order valence-electron chi connectivity index (χ3n) is 9.25. The Morgan fingerprint density at radius 3 is 2.40 bits per heavy atom. The van der Waals surface area contributed by atoms with E-state index in [0.717, 1.165) is 56.0 Å². The quantitative estimate of drug-likeness (QED) is 0.166. The van der Waals surface area contributed by atoms with Crippen LogP contribution in [0.3, 0.4) is 0 Å². The van der Waals surface area contributed by atoms with Crippen molar-refractivity contribution in [2.75, 3.05) is 71.5 Å². The SMILES string of the molecule is COc1c(OCCCN(C)CCCc2ccccc2Cl)cccc1[C@@H]1O[C@@H](CC(=O)N2CCNCC2)C(=O)N(CC(C)(C)C)c2ccc(Cl)cc21.Cl.Cl. The number of carbonyl (C=O) groups excluding carboxylic acids is 2. The summed E-state index contributed by atoms with van der Waals surface area (Å²) in [6, 6.07) is 19.2. The third kappa shape index (κ3) is 12.1. The highest BCUT2D eigenvalue weighted by Crippen LogP contribution is 2.46. The largest absolute Gasteiger partial charge is 0.492 e. The van der Waals surface area contributed by atoms with Gasteiger partial charge < -0.3 is 34.2 Å². The second-order valence-corrected chi connectivity index (χ2v) is 15.5. The van der Waals surface area contributed by atoms with E-state index < -0.39 is 12.2 Å². The number of fused-ring (bicyclic) bond motifs is 1. The minimum Gasteiger partial charge on any atom is -0.492 e. The van der Waals surface area contributed by atoms with Crippen LogP contribution in [0.4, 0.5) is 5.69 Å². The summed E-state index contributed by atoms with van der Waals surface area (Å²) in [4.78, 5) is 33.8. The molecule has 0 radical (unpaired) electrons. The zero-order chi connectivity index (χ0) is 36.5. The Bertz CT molecular complexity index is 1650. The molecule has 1 fully saturated rings. The number of aryl methyl sites for hydroxylation is 1. The summed E-state index contributed by atoms with van der Waals surface area (Å²) in [5, 5.41) is 4.62. The summed E-state index contributed by atoms with van der Waals surface area (Å²) in [5.74, 6) is 0.748. The van der Waals surface area contributed by atoms with Crippen molar-refractivity contribution in [3.05, 3.63) is 87.4 Å². The van der Waals surface area contributed by atoms with Crippen LogP contribution in [-0.4, -0.2) is 94.3 Å². The summed E-state index contributed by atoms with van der Waals surface area (Å²) < 4.78 is 19.1. The van der Waals surface area contributed by atoms with Crippen LogP contribution in [0.25, 0.3) is 0 Å². The molecule has 9 nitrogen and oxygen atoms in total. The van der Waals surface area contributed by atoms with Crippen LogP contribution < -0.4 is 19.7 Å². The van der Waals surface area contributed by atoms with Gasteiger partial charge in [-0.15, -0.1) is 24.8 Å². The monoisotopic (exact) mass is 810 g/mol. The summed E-state index contributed by atoms with van der Waals surface area (Å²) in [6.45, 7) is 11.6. The summed E-state index contributed by atoms with van der Waals surface area (Å²) >= 11 is 12.9. The summed E-state index contributed by atoms with van der Waals surface area (Å²) in [5.41, 5.74) is 3.07. The predicted molar refractivity (Wildman–Crippen MR) is 219 cm³/mol. The molecule has 0 aliphatic carbocycles. The molecule has 2 aliphatic rings. The topological polar surface area (TPSA) is 83.6 Å². The van der Waals surface area contributed by atoms with Crippen LogP contribution in [-0.2, 0) is 20.7 Å². The van der Waals surface area contributed by atoms with Crippen LogP contribution in [0, 0.1) is 5.41 Å². The number of anilines is 1. The van der Waals surface area contributed by atoms with Crippen molar-refractivity contribution >= 4 is 65.5 Å². The van der Waals surface area contributed by atoms with Crippen molar-refractivity contribution < 1.29 is 23.8 Å². The van der Waals surface area contributed by atoms with Gasteiger partial charge in [-0.2, -0.15) is 0 Å². The molecule has 0 saturated carbocycles. The number of hydrogen-bond acceptors (Lipinski definition) is 7. The zero-order valence-corrected chi connectivity index (χ0v) is 34.5. The van der Waals surface area contributed by atoms with Crippen LogP contribution in [0.2, 0.25) is 10.0 Å². The molecule has 1 N–H and O–H groups in total. The Morgan fingerprint density at radius 2 is 1.70 bits per heavy atom. The molecule has 1 saturated heterocycles. The number of hydrogen-bond donors (Lipinski definition) is 1. The molecule has 2 atom stereocenters. The van der Waals surface area contributed by atoms with E-state index in [4.69, 9.17) is 37.4 Å². The maximum absolute atomic E-state index is 14.4. The molecule has 0 bridgehead atoms. The van der Waals surface area contributed by atoms with Crippen molar-refractivity contribution in [2.24, 2.45) is 5.41 Å². The number of piperazine rings is 1. The van der Waals surface area contributed by atoms with E-state index in [1.807, 2.05) is 48.5 Å². The van der Waals surface area contributed by atoms with Crippen LogP contribution in [0.1, 0.15) is 62.8 Å². The first kappa shape index (κ1) is 44.6. The van der Waals surface area contributed by atoms with Gasteiger partial charge in [0.25, 0.3) is 5.91 Å². The molecule has 0 aromatic heterocycles. The van der Waals surface area contributed by atoms with E-state index in [1.54, 1.807) is 23.0 Å². The maximum Gasteiger partial charge on any atom is 0.256 e. The number of ether oxygens (including phenoxy) is 3. The average Bonchev–Trinajstić information content (AvgIpc) is 3.20. The molecule has 3 aromatic rings. The molecule has 2 amide bonds. The summed E-state index contributed by atoms with van der Waals surface area (Å²) in [7, 11) is 3.73. The Hall–Kier alpha value is -2.76. The lowest BCUT2D eigenvalue weighted by Gasteiger charge is -2.32. The minimum atomic E-state index is -1.02. The first-order valence-corrected chi connectivity index (χ1v) is 18.7. The Kier molecular flexibility index (Phi) is 17.5. The number of halogens is 4. The lowest BCUT2D eigenvalue weighted by molar-refractivity contribution is -0.143. The average molecular weight is 813 g/mol. The van der Waals surface area contributed by atoms with Gasteiger partial charge in [-0.3, -0.25) is 9.59 Å². The Morgan fingerprint density at radius 1 is 0.981 bits per heavy atom. The molecule has 0 unspecified atom stereocenters. The fourth-order valence-electron chi connectivity index (χ4n) is 6.73. The lowest BCUT2D eigenvalue weighted by atomic mass is 9.94. The highest BCUT2D eigenvalue weighted by Gasteiger charge is 2.40. The van der Waals surface area contributed by atoms with Crippen LogP contribution >= 0.6 is 48.0 Å². The second-order valence-electron chi connectivity index (χ2n) is 14.6. The predicted octanol–water partition coefficient (Wildman–Crippen LogP) is 7.87. The summed E-state index contributed by atoms with van der Waals surface area (Å²) in [6.07, 6.45) is 0.932. The first-order chi connectivity index (χ1) is 24.4. The fraction of sp³-hybridized carbons (Fsp3) is 0.500. The van der Waals surface area contributed by atoms with Crippen molar-refractivity contribution in [2.45, 2.75) is 58.7 Å². The minimum absolute atomic E-state index is 0. The molecule has 5 rings (SSSR count). The lowest BCUT2D eigenvalue weighted by Crippen LogP contribution is -2.49. The number of rotatable bonds is 14. The van der Waals surface area contributed by atoms with E-state index in [0.29, 0.717) is 54.0 Å². The van der Waals surface area contributed by atoms with E-state index >= 15 is 0 Å². The number of nitrogens with one attached hydrogen (secondary N) is 1. The molecule has 53 heavy (non-hydrogen) atoms. The zero-order valence-electron chi connectivity index (χ0n) is 31.4. The van der Waals surface area contributed by atoms with Crippen molar-refractivity contribution in [3.8, 4) is 11.5 Å². The molecule has 2 aliphatic heterocycles. The standard InChI is InChI=1S/C40H52Cl2N4O5.2ClH/c1-40(2,3)27-46-33-17-16-29(41)25-31(33)37(51-35(39(46)48)26-36(47)45-22-18-43-19-23-45)30-13-8-15-34(38(30)49-5)50-24-10-21-44(4)20-9-12-28-11-6-7-14-32(28)42;;/h6-8,11,13-17,25,35,37,43H,9-10,12,18-24,26-27H2,1-5H3;2*1H/t35-,37-;;/m0../s1. The van der Waals surface area contributed by atoms with Crippen molar-refractivity contribution in [1.29, 1.82) is 0 Å². The van der Waals surface area contributed by atoms with Gasteiger partial charge in [0, 0.05) is 66.1 Å². The highest BCUT2D eigenvalue weighted by atomic mass is 35.5. The highest BCUT2D eigenvalue weighted by molar-refractivity contribution is 6.31. The van der Waals surface area contributed by atoms with Gasteiger partial charge in [-0.05, 0) is 74.2 Å². The van der Waals surface area contributed by atoms with Gasteiger partial charge >= 0.3 is 0 Å². The van der Waals surface area contributed by atoms with Gasteiger partial charge in [0.1, 0.15) is 12.2 Å². The smallest absolute Gasteiger partial charge is 0.256 e. The Labute approximate surface area is 337 Å².